The Balaban J connectivity index is 2.26. The summed E-state index contributed by atoms with van der Waals surface area (Å²) in [6, 6.07) is 7.10. The van der Waals surface area contributed by atoms with E-state index in [0.717, 1.165) is 5.76 Å². The third-order valence-electron chi connectivity index (χ3n) is 3.59. The van der Waals surface area contributed by atoms with Crippen molar-refractivity contribution in [1.82, 2.24) is 4.31 Å². The summed E-state index contributed by atoms with van der Waals surface area (Å²) in [5.74, 6) is 1.43. The Kier molecular flexibility index (Phi) is 4.93. The molecule has 22 heavy (non-hydrogen) atoms. The molecule has 0 bridgehead atoms. The first-order chi connectivity index (χ1) is 10.4. The van der Waals surface area contributed by atoms with Crippen molar-refractivity contribution < 1.29 is 17.6 Å². The molecule has 0 unspecified atom stereocenters. The summed E-state index contributed by atoms with van der Waals surface area (Å²) in [7, 11) is -0.390. The van der Waals surface area contributed by atoms with E-state index in [0.29, 0.717) is 34.7 Å². The number of hydrogen-bond donors (Lipinski definition) is 0. The lowest BCUT2D eigenvalue weighted by Gasteiger charge is -2.20. The van der Waals surface area contributed by atoms with Crippen molar-refractivity contribution in [1.29, 1.82) is 0 Å². The zero-order valence-corrected chi connectivity index (χ0v) is 14.1. The van der Waals surface area contributed by atoms with E-state index in [9.17, 15) is 8.42 Å². The lowest BCUT2D eigenvalue weighted by molar-refractivity contribution is 0.413. The predicted molar refractivity (Wildman–Crippen MR) is 84.7 cm³/mol. The predicted octanol–water partition coefficient (Wildman–Crippen LogP) is 2.77. The Morgan fingerprint density at radius 1 is 1.23 bits per heavy atom. The van der Waals surface area contributed by atoms with Crippen molar-refractivity contribution in [3.8, 4) is 5.75 Å². The Labute approximate surface area is 131 Å². The summed E-state index contributed by atoms with van der Waals surface area (Å²) in [5, 5.41) is 0. The van der Waals surface area contributed by atoms with E-state index in [4.69, 9.17) is 9.15 Å². The maximum absolute atomic E-state index is 12.8. The molecule has 2 rings (SSSR count). The number of sulfonamides is 1. The summed E-state index contributed by atoms with van der Waals surface area (Å²) in [6.07, 6.45) is 2.12. The fraction of sp³-hybridized carbons (Fsp3) is 0.375. The van der Waals surface area contributed by atoms with Crippen molar-refractivity contribution in [3.63, 3.8) is 0 Å². The molecule has 1 heterocycles. The molecule has 0 fully saturated rings. The van der Waals surface area contributed by atoms with Crippen LogP contribution in [0.15, 0.2) is 39.8 Å². The SMILES string of the molecule is COc1cc(C)c(S(=O)(=O)N(C)CCc2ccco2)c(C)c1. The maximum atomic E-state index is 12.8. The first-order valence-corrected chi connectivity index (χ1v) is 8.44. The molecule has 2 aromatic rings. The number of rotatable bonds is 6. The highest BCUT2D eigenvalue weighted by molar-refractivity contribution is 7.89. The van der Waals surface area contributed by atoms with Crippen molar-refractivity contribution in [2.24, 2.45) is 0 Å². The minimum atomic E-state index is -3.54. The number of benzene rings is 1. The number of hydrogen-bond acceptors (Lipinski definition) is 4. The molecule has 0 N–H and O–H groups in total. The lowest BCUT2D eigenvalue weighted by atomic mass is 10.1. The standard InChI is InChI=1S/C16H21NO4S/c1-12-10-15(20-4)11-13(2)16(12)22(18,19)17(3)8-7-14-6-5-9-21-14/h5-6,9-11H,7-8H2,1-4H3. The first kappa shape index (κ1) is 16.6. The largest absolute Gasteiger partial charge is 0.497 e. The minimum absolute atomic E-state index is 0.343. The monoisotopic (exact) mass is 323 g/mol. The lowest BCUT2D eigenvalue weighted by Crippen LogP contribution is -2.30. The zero-order valence-electron chi connectivity index (χ0n) is 13.3. The number of aryl methyl sites for hydroxylation is 2. The van der Waals surface area contributed by atoms with Gasteiger partial charge in [-0.15, -0.1) is 0 Å². The van der Waals surface area contributed by atoms with Gasteiger partial charge in [-0.25, -0.2) is 12.7 Å². The van der Waals surface area contributed by atoms with Crippen LogP contribution in [0.3, 0.4) is 0 Å². The van der Waals surface area contributed by atoms with Crippen LogP contribution in [0.1, 0.15) is 16.9 Å². The van der Waals surface area contributed by atoms with Gasteiger partial charge in [0.15, 0.2) is 0 Å². The molecule has 0 atom stereocenters. The van der Waals surface area contributed by atoms with Gasteiger partial charge in [-0.3, -0.25) is 0 Å². The molecule has 0 aliphatic rings. The van der Waals surface area contributed by atoms with Gasteiger partial charge in [0.1, 0.15) is 11.5 Å². The number of nitrogens with zero attached hydrogens (tertiary/aromatic N) is 1. The van der Waals surface area contributed by atoms with Crippen LogP contribution in [0.25, 0.3) is 0 Å². The fourth-order valence-corrected chi connectivity index (χ4v) is 4.01. The van der Waals surface area contributed by atoms with Gasteiger partial charge in [-0.05, 0) is 49.2 Å². The van der Waals surface area contributed by atoms with Crippen LogP contribution in [-0.4, -0.2) is 33.4 Å². The zero-order chi connectivity index (χ0) is 16.3. The Bertz CT molecular complexity index is 713. The molecule has 1 aromatic heterocycles. The second-order valence-corrected chi connectivity index (χ2v) is 7.23. The second-order valence-electron chi connectivity index (χ2n) is 5.25. The molecule has 6 heteroatoms. The quantitative estimate of drug-likeness (QED) is 0.820. The minimum Gasteiger partial charge on any atom is -0.497 e. The number of likely N-dealkylation sites (N-methyl/N-ethyl adjacent to an activating group) is 1. The van der Waals surface area contributed by atoms with Crippen LogP contribution < -0.4 is 4.74 Å². The highest BCUT2D eigenvalue weighted by Gasteiger charge is 2.25. The van der Waals surface area contributed by atoms with Crippen LogP contribution >= 0.6 is 0 Å². The van der Waals surface area contributed by atoms with Crippen LogP contribution in [0.2, 0.25) is 0 Å². The first-order valence-electron chi connectivity index (χ1n) is 7.00. The van der Waals surface area contributed by atoms with Crippen LogP contribution in [0.4, 0.5) is 0 Å². The van der Waals surface area contributed by atoms with Gasteiger partial charge >= 0.3 is 0 Å². The topological polar surface area (TPSA) is 59.8 Å². The number of methoxy groups -OCH3 is 1. The van der Waals surface area contributed by atoms with E-state index >= 15 is 0 Å². The maximum Gasteiger partial charge on any atom is 0.243 e. The van der Waals surface area contributed by atoms with Crippen LogP contribution in [0.5, 0.6) is 5.75 Å². The van der Waals surface area contributed by atoms with Gasteiger partial charge in [0.2, 0.25) is 10.0 Å². The third kappa shape index (κ3) is 3.34. The molecule has 0 radical (unpaired) electrons. The summed E-state index contributed by atoms with van der Waals surface area (Å²) in [6.45, 7) is 3.92. The Hall–Kier alpha value is -1.79. The number of ether oxygens (including phenoxy) is 1. The Morgan fingerprint density at radius 2 is 1.86 bits per heavy atom. The van der Waals surface area contributed by atoms with Crippen LogP contribution in [0, 0.1) is 13.8 Å². The normalized spacial score (nSPS) is 11.9. The molecule has 120 valence electrons. The average Bonchev–Trinajstić information content (AvgIpc) is 2.96. The van der Waals surface area contributed by atoms with Crippen molar-refractivity contribution in [2.75, 3.05) is 20.7 Å². The van der Waals surface area contributed by atoms with Gasteiger partial charge in [0.25, 0.3) is 0 Å². The van der Waals surface area contributed by atoms with Gasteiger partial charge < -0.3 is 9.15 Å². The summed E-state index contributed by atoms with van der Waals surface area (Å²) in [4.78, 5) is 0.343. The van der Waals surface area contributed by atoms with Crippen molar-refractivity contribution in [3.05, 3.63) is 47.4 Å². The Morgan fingerprint density at radius 3 is 2.36 bits per heavy atom. The van der Waals surface area contributed by atoms with Gasteiger partial charge in [0, 0.05) is 20.0 Å². The van der Waals surface area contributed by atoms with E-state index in [1.165, 1.54) is 4.31 Å². The van der Waals surface area contributed by atoms with E-state index in [2.05, 4.69) is 0 Å². The molecule has 0 aliphatic carbocycles. The van der Waals surface area contributed by atoms with E-state index in [1.54, 1.807) is 52.5 Å². The van der Waals surface area contributed by atoms with E-state index in [1.807, 2.05) is 6.07 Å². The molecular formula is C16H21NO4S. The van der Waals surface area contributed by atoms with Gasteiger partial charge in [0.05, 0.1) is 18.3 Å². The van der Waals surface area contributed by atoms with Crippen molar-refractivity contribution in [2.45, 2.75) is 25.2 Å². The van der Waals surface area contributed by atoms with Crippen LogP contribution in [-0.2, 0) is 16.4 Å². The molecular weight excluding hydrogens is 302 g/mol. The molecule has 0 aliphatic heterocycles. The smallest absolute Gasteiger partial charge is 0.243 e. The fourth-order valence-electron chi connectivity index (χ4n) is 2.43. The summed E-state index contributed by atoms with van der Waals surface area (Å²) < 4.78 is 37.4. The summed E-state index contributed by atoms with van der Waals surface area (Å²) in [5.41, 5.74) is 1.36. The number of furan rings is 1. The van der Waals surface area contributed by atoms with Gasteiger partial charge in [-0.2, -0.15) is 0 Å². The summed E-state index contributed by atoms with van der Waals surface area (Å²) >= 11 is 0. The molecule has 0 amide bonds. The second kappa shape index (κ2) is 6.54. The molecule has 5 nitrogen and oxygen atoms in total. The highest BCUT2D eigenvalue weighted by Crippen LogP contribution is 2.27. The van der Waals surface area contributed by atoms with E-state index in [-0.39, 0.29) is 0 Å². The van der Waals surface area contributed by atoms with Crippen molar-refractivity contribution >= 4 is 10.0 Å². The van der Waals surface area contributed by atoms with E-state index < -0.39 is 10.0 Å². The molecule has 0 saturated heterocycles. The highest BCUT2D eigenvalue weighted by atomic mass is 32.2. The molecule has 1 aromatic carbocycles. The molecule has 0 spiro atoms. The average molecular weight is 323 g/mol. The molecule has 0 saturated carbocycles. The third-order valence-corrected chi connectivity index (χ3v) is 5.75. The van der Waals surface area contributed by atoms with Gasteiger partial charge in [-0.1, -0.05) is 0 Å².